The van der Waals surface area contributed by atoms with Gasteiger partial charge in [0.2, 0.25) is 0 Å². The van der Waals surface area contributed by atoms with Gasteiger partial charge in [-0.05, 0) is 18.6 Å². The van der Waals surface area contributed by atoms with Crippen molar-refractivity contribution in [1.82, 2.24) is 5.32 Å². The molecular formula is C14H19F2NO. The van der Waals surface area contributed by atoms with E-state index < -0.39 is 6.43 Å². The Kier molecular flexibility index (Phi) is 6.54. The molecule has 4 heteroatoms. The van der Waals surface area contributed by atoms with Gasteiger partial charge in [0.25, 0.3) is 6.43 Å². The monoisotopic (exact) mass is 255 g/mol. The molecule has 0 amide bonds. The van der Waals surface area contributed by atoms with E-state index in [1.807, 2.05) is 13.0 Å². The first-order chi connectivity index (χ1) is 8.59. The first-order valence-corrected chi connectivity index (χ1v) is 5.89. The van der Waals surface area contributed by atoms with Crippen molar-refractivity contribution in [1.29, 1.82) is 0 Å². The van der Waals surface area contributed by atoms with Gasteiger partial charge in [-0.3, -0.25) is 0 Å². The Labute approximate surface area is 107 Å². The summed E-state index contributed by atoms with van der Waals surface area (Å²) in [6.07, 6.45) is -2.41. The van der Waals surface area contributed by atoms with Crippen LogP contribution in [-0.4, -0.2) is 19.8 Å². The van der Waals surface area contributed by atoms with Gasteiger partial charge in [-0.1, -0.05) is 30.4 Å². The lowest BCUT2D eigenvalue weighted by molar-refractivity contribution is 0.151. The first kappa shape index (κ1) is 14.8. The molecule has 0 aliphatic carbocycles. The second kappa shape index (κ2) is 7.95. The lowest BCUT2D eigenvalue weighted by Gasteiger charge is -2.07. The molecule has 0 spiro atoms. The van der Waals surface area contributed by atoms with Crippen LogP contribution in [0.3, 0.4) is 0 Å². The summed E-state index contributed by atoms with van der Waals surface area (Å²) in [6, 6.07) is 6.43. The molecule has 2 nitrogen and oxygen atoms in total. The maximum Gasteiger partial charge on any atom is 0.263 e. The van der Waals surface area contributed by atoms with Crippen LogP contribution in [0.25, 0.3) is 0 Å². The van der Waals surface area contributed by atoms with Crippen LogP contribution in [0, 0.1) is 0 Å². The highest BCUT2D eigenvalue weighted by molar-refractivity contribution is 5.24. The highest BCUT2D eigenvalue weighted by atomic mass is 19.3. The Morgan fingerprint density at radius 2 is 2.22 bits per heavy atom. The van der Waals surface area contributed by atoms with Crippen molar-refractivity contribution < 1.29 is 13.5 Å². The fourth-order valence-corrected chi connectivity index (χ4v) is 1.46. The molecule has 1 aromatic rings. The topological polar surface area (TPSA) is 21.3 Å². The second-order valence-electron chi connectivity index (χ2n) is 4.23. The van der Waals surface area contributed by atoms with E-state index in [0.717, 1.165) is 11.1 Å². The molecule has 18 heavy (non-hydrogen) atoms. The Hall–Kier alpha value is -1.26. The number of rotatable bonds is 8. The third-order valence-corrected chi connectivity index (χ3v) is 2.30. The number of alkyl halides is 2. The summed E-state index contributed by atoms with van der Waals surface area (Å²) in [5, 5.41) is 3.14. The number of nitrogens with one attached hydrogen (secondary N) is 1. The molecule has 0 saturated heterocycles. The van der Waals surface area contributed by atoms with Crippen molar-refractivity contribution in [2.45, 2.75) is 19.9 Å². The molecule has 100 valence electrons. The van der Waals surface area contributed by atoms with E-state index in [9.17, 15) is 8.78 Å². The summed E-state index contributed by atoms with van der Waals surface area (Å²) < 4.78 is 30.2. The van der Waals surface area contributed by atoms with E-state index in [4.69, 9.17) is 4.74 Å². The van der Waals surface area contributed by atoms with Crippen LogP contribution in [0.5, 0.6) is 0 Å². The predicted octanol–water partition coefficient (Wildman–Crippen LogP) is 3.31. The number of hydrogen-bond donors (Lipinski definition) is 1. The van der Waals surface area contributed by atoms with E-state index >= 15 is 0 Å². The van der Waals surface area contributed by atoms with E-state index in [-0.39, 0.29) is 5.56 Å². The predicted molar refractivity (Wildman–Crippen MR) is 68.7 cm³/mol. The van der Waals surface area contributed by atoms with Crippen LogP contribution in [0.1, 0.15) is 24.5 Å². The molecule has 1 rings (SSSR count). The van der Waals surface area contributed by atoms with Crippen LogP contribution in [0.2, 0.25) is 0 Å². The van der Waals surface area contributed by atoms with E-state index in [1.54, 1.807) is 6.07 Å². The van der Waals surface area contributed by atoms with Gasteiger partial charge in [-0.15, -0.1) is 0 Å². The average Bonchev–Trinajstić information content (AvgIpc) is 2.33. The molecular weight excluding hydrogens is 236 g/mol. The van der Waals surface area contributed by atoms with Crippen molar-refractivity contribution in [3.05, 3.63) is 47.5 Å². The van der Waals surface area contributed by atoms with Crippen molar-refractivity contribution in [2.24, 2.45) is 0 Å². The van der Waals surface area contributed by atoms with Crippen LogP contribution in [0.15, 0.2) is 36.4 Å². The van der Waals surface area contributed by atoms with Crippen LogP contribution >= 0.6 is 0 Å². The summed E-state index contributed by atoms with van der Waals surface area (Å²) in [7, 11) is 0. The van der Waals surface area contributed by atoms with Gasteiger partial charge >= 0.3 is 0 Å². The standard InChI is InChI=1S/C14H19F2NO/c1-11(2)10-18-7-6-17-9-12-4-3-5-13(8-12)14(15)16/h3-5,8,14,17H,1,6-7,9-10H2,2H3. The lowest BCUT2D eigenvalue weighted by Crippen LogP contribution is -2.19. The fourth-order valence-electron chi connectivity index (χ4n) is 1.46. The summed E-state index contributed by atoms with van der Waals surface area (Å²) >= 11 is 0. The van der Waals surface area contributed by atoms with Crippen molar-refractivity contribution in [3.8, 4) is 0 Å². The maximum absolute atomic E-state index is 12.5. The van der Waals surface area contributed by atoms with E-state index in [0.29, 0.717) is 26.3 Å². The molecule has 0 aliphatic rings. The molecule has 1 aromatic carbocycles. The zero-order chi connectivity index (χ0) is 13.4. The molecule has 0 bridgehead atoms. The Morgan fingerprint density at radius 3 is 2.89 bits per heavy atom. The smallest absolute Gasteiger partial charge is 0.263 e. The van der Waals surface area contributed by atoms with Crippen LogP contribution < -0.4 is 5.32 Å². The van der Waals surface area contributed by atoms with Gasteiger partial charge in [-0.2, -0.15) is 0 Å². The van der Waals surface area contributed by atoms with Gasteiger partial charge in [0.1, 0.15) is 0 Å². The zero-order valence-corrected chi connectivity index (χ0v) is 10.6. The molecule has 0 unspecified atom stereocenters. The fraction of sp³-hybridized carbons (Fsp3) is 0.429. The number of ether oxygens (including phenoxy) is 1. The van der Waals surface area contributed by atoms with Crippen LogP contribution in [0.4, 0.5) is 8.78 Å². The second-order valence-corrected chi connectivity index (χ2v) is 4.23. The molecule has 0 aromatic heterocycles. The zero-order valence-electron chi connectivity index (χ0n) is 10.6. The van der Waals surface area contributed by atoms with Crippen molar-refractivity contribution >= 4 is 0 Å². The molecule has 0 aliphatic heterocycles. The average molecular weight is 255 g/mol. The largest absolute Gasteiger partial charge is 0.376 e. The summed E-state index contributed by atoms with van der Waals surface area (Å²) in [4.78, 5) is 0. The highest BCUT2D eigenvalue weighted by Crippen LogP contribution is 2.19. The van der Waals surface area contributed by atoms with Gasteiger partial charge in [0.15, 0.2) is 0 Å². The minimum absolute atomic E-state index is 0.0628. The van der Waals surface area contributed by atoms with Gasteiger partial charge < -0.3 is 10.1 Å². The third-order valence-electron chi connectivity index (χ3n) is 2.30. The number of halogens is 2. The summed E-state index contributed by atoms with van der Waals surface area (Å²) in [5.41, 5.74) is 1.90. The van der Waals surface area contributed by atoms with Gasteiger partial charge in [-0.25, -0.2) is 8.78 Å². The molecule has 0 fully saturated rings. The minimum atomic E-state index is -2.41. The first-order valence-electron chi connectivity index (χ1n) is 5.89. The van der Waals surface area contributed by atoms with Crippen LogP contribution in [-0.2, 0) is 11.3 Å². The molecule has 0 atom stereocenters. The SMILES string of the molecule is C=C(C)COCCNCc1cccc(C(F)F)c1. The third kappa shape index (κ3) is 5.89. The summed E-state index contributed by atoms with van der Waals surface area (Å²) in [6.45, 7) is 8.03. The van der Waals surface area contributed by atoms with Crippen molar-refractivity contribution in [3.63, 3.8) is 0 Å². The van der Waals surface area contributed by atoms with Crippen molar-refractivity contribution in [2.75, 3.05) is 19.8 Å². The Balaban J connectivity index is 2.23. The number of hydrogen-bond acceptors (Lipinski definition) is 2. The molecule has 0 saturated carbocycles. The quantitative estimate of drug-likeness (QED) is 0.568. The van der Waals surface area contributed by atoms with Gasteiger partial charge in [0.05, 0.1) is 13.2 Å². The molecule has 1 N–H and O–H groups in total. The normalized spacial score (nSPS) is 10.9. The molecule has 0 radical (unpaired) electrons. The Bertz CT molecular complexity index is 380. The maximum atomic E-state index is 12.5. The minimum Gasteiger partial charge on any atom is -0.376 e. The van der Waals surface area contributed by atoms with Gasteiger partial charge in [0, 0.05) is 18.7 Å². The molecule has 0 heterocycles. The van der Waals surface area contributed by atoms with E-state index in [2.05, 4.69) is 11.9 Å². The number of benzene rings is 1. The van der Waals surface area contributed by atoms with E-state index in [1.165, 1.54) is 12.1 Å². The highest BCUT2D eigenvalue weighted by Gasteiger charge is 2.06. The lowest BCUT2D eigenvalue weighted by atomic mass is 10.1. The summed E-state index contributed by atoms with van der Waals surface area (Å²) in [5.74, 6) is 0. The Morgan fingerprint density at radius 1 is 1.44 bits per heavy atom.